The lowest BCUT2D eigenvalue weighted by Crippen LogP contribution is -2.44. The maximum Gasteiger partial charge on any atom is 0.251 e. The Bertz CT molecular complexity index is 699. The summed E-state index contributed by atoms with van der Waals surface area (Å²) in [7, 11) is 0. The number of hydrogen-bond donors (Lipinski definition) is 1. The second-order valence-electron chi connectivity index (χ2n) is 5.57. The fourth-order valence-electron chi connectivity index (χ4n) is 2.86. The lowest BCUT2D eigenvalue weighted by molar-refractivity contribution is 0.0930. The second kappa shape index (κ2) is 6.04. The molecular formula is C15H16N4O3S. The van der Waals surface area contributed by atoms with Crippen molar-refractivity contribution in [2.45, 2.75) is 18.9 Å². The summed E-state index contributed by atoms with van der Waals surface area (Å²) >= 11 is 1.22. The van der Waals surface area contributed by atoms with Crippen molar-refractivity contribution in [2.75, 3.05) is 24.8 Å². The third-order valence-corrected chi connectivity index (χ3v) is 4.61. The lowest BCUT2D eigenvalue weighted by Gasteiger charge is -2.32. The number of nitrogens with one attached hydrogen (secondary N) is 1. The molecule has 0 aliphatic carbocycles. The first kappa shape index (κ1) is 14.3. The standard InChI is InChI=1S/C15H16N4O3S/c20-15(10-1-2-12-13(7-10)22-9-21-12)17-11-3-5-19(6-4-11)14-8-16-23-18-14/h1-2,7-8,11H,3-6,9H2,(H,17,20). The highest BCUT2D eigenvalue weighted by Crippen LogP contribution is 2.32. The number of ether oxygens (including phenoxy) is 2. The van der Waals surface area contributed by atoms with E-state index in [1.54, 1.807) is 24.4 Å². The summed E-state index contributed by atoms with van der Waals surface area (Å²) in [6, 6.07) is 5.44. The summed E-state index contributed by atoms with van der Waals surface area (Å²) in [4.78, 5) is 14.6. The van der Waals surface area contributed by atoms with Crippen LogP contribution in [0.1, 0.15) is 23.2 Å². The van der Waals surface area contributed by atoms with E-state index in [-0.39, 0.29) is 18.7 Å². The normalized spacial score (nSPS) is 17.3. The van der Waals surface area contributed by atoms with Gasteiger partial charge < -0.3 is 19.7 Å². The topological polar surface area (TPSA) is 76.6 Å². The van der Waals surface area contributed by atoms with Crippen LogP contribution in [0, 0.1) is 0 Å². The van der Waals surface area contributed by atoms with Crippen molar-refractivity contribution in [3.05, 3.63) is 30.0 Å². The van der Waals surface area contributed by atoms with Gasteiger partial charge in [-0.25, -0.2) is 0 Å². The van der Waals surface area contributed by atoms with Gasteiger partial charge in [-0.15, -0.1) is 0 Å². The van der Waals surface area contributed by atoms with Gasteiger partial charge >= 0.3 is 0 Å². The van der Waals surface area contributed by atoms with Crippen LogP contribution in [0.5, 0.6) is 11.5 Å². The van der Waals surface area contributed by atoms with Crippen LogP contribution in [0.15, 0.2) is 24.4 Å². The molecule has 1 N–H and O–H groups in total. The van der Waals surface area contributed by atoms with Gasteiger partial charge in [0.25, 0.3) is 5.91 Å². The minimum Gasteiger partial charge on any atom is -0.454 e. The zero-order chi connectivity index (χ0) is 15.6. The van der Waals surface area contributed by atoms with Gasteiger partial charge in [-0.05, 0) is 31.0 Å². The van der Waals surface area contributed by atoms with E-state index in [2.05, 4.69) is 19.0 Å². The van der Waals surface area contributed by atoms with Crippen molar-refractivity contribution in [3.8, 4) is 11.5 Å². The molecule has 1 aromatic carbocycles. The van der Waals surface area contributed by atoms with Crippen LogP contribution in [0.25, 0.3) is 0 Å². The number of benzene rings is 1. The van der Waals surface area contributed by atoms with Crippen LogP contribution in [0.4, 0.5) is 5.82 Å². The molecule has 3 heterocycles. The van der Waals surface area contributed by atoms with Crippen LogP contribution < -0.4 is 19.7 Å². The smallest absolute Gasteiger partial charge is 0.251 e. The van der Waals surface area contributed by atoms with Crippen molar-refractivity contribution in [3.63, 3.8) is 0 Å². The highest BCUT2D eigenvalue weighted by Gasteiger charge is 2.23. The van der Waals surface area contributed by atoms with Gasteiger partial charge in [0.15, 0.2) is 17.3 Å². The number of fused-ring (bicyclic) bond motifs is 1. The number of carbonyl (C=O) groups excluding carboxylic acids is 1. The first-order chi connectivity index (χ1) is 11.3. The fourth-order valence-corrected chi connectivity index (χ4v) is 3.29. The molecule has 23 heavy (non-hydrogen) atoms. The lowest BCUT2D eigenvalue weighted by atomic mass is 10.0. The monoisotopic (exact) mass is 332 g/mol. The Balaban J connectivity index is 1.35. The summed E-state index contributed by atoms with van der Waals surface area (Å²) in [5.41, 5.74) is 0.598. The van der Waals surface area contributed by atoms with Crippen molar-refractivity contribution >= 4 is 23.5 Å². The van der Waals surface area contributed by atoms with Gasteiger partial charge in [-0.3, -0.25) is 4.79 Å². The number of amides is 1. The van der Waals surface area contributed by atoms with E-state index in [9.17, 15) is 4.79 Å². The van der Waals surface area contributed by atoms with Crippen LogP contribution in [0.2, 0.25) is 0 Å². The third kappa shape index (κ3) is 2.94. The van der Waals surface area contributed by atoms with Gasteiger partial charge in [0.05, 0.1) is 17.9 Å². The molecule has 7 nitrogen and oxygen atoms in total. The Morgan fingerprint density at radius 3 is 2.87 bits per heavy atom. The number of nitrogens with zero attached hydrogens (tertiary/aromatic N) is 3. The number of anilines is 1. The third-order valence-electron chi connectivity index (χ3n) is 4.14. The Morgan fingerprint density at radius 1 is 1.26 bits per heavy atom. The molecule has 0 bridgehead atoms. The van der Waals surface area contributed by atoms with Gasteiger partial charge in [-0.1, -0.05) is 0 Å². The molecule has 0 saturated carbocycles. The predicted octanol–water partition coefficient (Wildman–Crippen LogP) is 1.67. The number of hydrogen-bond acceptors (Lipinski definition) is 7. The van der Waals surface area contributed by atoms with Crippen LogP contribution >= 0.6 is 11.7 Å². The molecule has 0 spiro atoms. The molecule has 2 aliphatic rings. The van der Waals surface area contributed by atoms with E-state index in [0.717, 1.165) is 31.7 Å². The van der Waals surface area contributed by atoms with E-state index in [4.69, 9.17) is 9.47 Å². The van der Waals surface area contributed by atoms with E-state index in [1.165, 1.54) is 11.7 Å². The van der Waals surface area contributed by atoms with Crippen molar-refractivity contribution in [1.82, 2.24) is 14.1 Å². The second-order valence-corrected chi connectivity index (χ2v) is 6.13. The van der Waals surface area contributed by atoms with Gasteiger partial charge in [0, 0.05) is 24.7 Å². The van der Waals surface area contributed by atoms with Crippen molar-refractivity contribution in [2.24, 2.45) is 0 Å². The van der Waals surface area contributed by atoms with E-state index < -0.39 is 0 Å². The Hall–Kier alpha value is -2.35. The minimum atomic E-state index is -0.0722. The minimum absolute atomic E-state index is 0.0722. The van der Waals surface area contributed by atoms with Crippen LogP contribution in [-0.2, 0) is 0 Å². The van der Waals surface area contributed by atoms with Gasteiger partial charge in [0.1, 0.15) is 0 Å². The summed E-state index contributed by atoms with van der Waals surface area (Å²) in [6.07, 6.45) is 3.58. The highest BCUT2D eigenvalue weighted by atomic mass is 32.1. The predicted molar refractivity (Wildman–Crippen MR) is 85.2 cm³/mol. The number of rotatable bonds is 3. The van der Waals surface area contributed by atoms with Crippen molar-refractivity contribution in [1.29, 1.82) is 0 Å². The maximum absolute atomic E-state index is 12.4. The average molecular weight is 332 g/mol. The average Bonchev–Trinajstić information content (AvgIpc) is 3.26. The molecule has 0 radical (unpaired) electrons. The largest absolute Gasteiger partial charge is 0.454 e. The van der Waals surface area contributed by atoms with E-state index >= 15 is 0 Å². The summed E-state index contributed by atoms with van der Waals surface area (Å²) in [5, 5.41) is 3.10. The van der Waals surface area contributed by atoms with E-state index in [1.807, 2.05) is 0 Å². The number of piperidine rings is 1. The molecule has 2 aliphatic heterocycles. The molecule has 1 fully saturated rings. The zero-order valence-electron chi connectivity index (χ0n) is 12.4. The zero-order valence-corrected chi connectivity index (χ0v) is 13.2. The Kier molecular flexibility index (Phi) is 3.74. The number of carbonyl (C=O) groups is 1. The van der Waals surface area contributed by atoms with Crippen LogP contribution in [0.3, 0.4) is 0 Å². The SMILES string of the molecule is O=C(NC1CCN(c2cnsn2)CC1)c1ccc2c(c1)OCO2. The van der Waals surface area contributed by atoms with Crippen molar-refractivity contribution < 1.29 is 14.3 Å². The Morgan fingerprint density at radius 2 is 2.09 bits per heavy atom. The quantitative estimate of drug-likeness (QED) is 0.921. The maximum atomic E-state index is 12.4. The molecule has 2 aromatic rings. The molecule has 4 rings (SSSR count). The molecule has 0 atom stereocenters. The first-order valence-corrected chi connectivity index (χ1v) is 8.25. The Labute approximate surface area is 137 Å². The molecule has 120 valence electrons. The first-order valence-electron chi connectivity index (χ1n) is 7.52. The molecule has 1 saturated heterocycles. The molecular weight excluding hydrogens is 316 g/mol. The van der Waals surface area contributed by atoms with Gasteiger partial charge in [-0.2, -0.15) is 8.75 Å². The molecule has 0 unspecified atom stereocenters. The summed E-state index contributed by atoms with van der Waals surface area (Å²) < 4.78 is 18.9. The van der Waals surface area contributed by atoms with Crippen LogP contribution in [-0.4, -0.2) is 40.6 Å². The summed E-state index contributed by atoms with van der Waals surface area (Å²) in [5.74, 6) is 2.17. The van der Waals surface area contributed by atoms with Gasteiger partial charge in [0.2, 0.25) is 6.79 Å². The number of aromatic nitrogens is 2. The molecule has 1 amide bonds. The fraction of sp³-hybridized carbons (Fsp3) is 0.400. The van der Waals surface area contributed by atoms with E-state index in [0.29, 0.717) is 17.1 Å². The molecule has 8 heteroatoms. The highest BCUT2D eigenvalue weighted by molar-refractivity contribution is 6.99. The summed E-state index contributed by atoms with van der Waals surface area (Å²) in [6.45, 7) is 1.96. The molecule has 1 aromatic heterocycles.